The third-order valence-electron chi connectivity index (χ3n) is 7.46. The van der Waals surface area contributed by atoms with Gasteiger partial charge in [-0.1, -0.05) is 18.2 Å². The minimum atomic E-state index is -0.747. The highest BCUT2D eigenvalue weighted by Gasteiger charge is 2.33. The standard InChI is InChI=1S/C34H35N5O7/c1-6-44-29-19-23(10-17-28(29)46-20-22-8-13-26(14-9-22)39(42)43)18-27-32(40)38-31(24-11-15-25(16-12-24)37(4)5)30(33(41)45-7-2)21(3)35-34(38)36-27/h8-19,31H,6-7,20H2,1-5H3,(H,35,36)/b27-18-. The number of anilines is 1. The Labute approximate surface area is 265 Å². The van der Waals surface area contributed by atoms with Gasteiger partial charge < -0.3 is 24.1 Å². The highest BCUT2D eigenvalue weighted by Crippen LogP contribution is 2.32. The Morgan fingerprint density at radius 2 is 1.74 bits per heavy atom. The number of nitrogens with one attached hydrogen (secondary N) is 1. The van der Waals surface area contributed by atoms with E-state index in [9.17, 15) is 19.7 Å². The van der Waals surface area contributed by atoms with Crippen molar-refractivity contribution in [1.29, 1.82) is 0 Å². The smallest absolute Gasteiger partial charge is 0.338 e. The van der Waals surface area contributed by atoms with Crippen LogP contribution in [-0.2, 0) is 16.1 Å². The van der Waals surface area contributed by atoms with E-state index in [-0.39, 0.29) is 29.8 Å². The zero-order chi connectivity index (χ0) is 33.0. The fourth-order valence-electron chi connectivity index (χ4n) is 5.21. The van der Waals surface area contributed by atoms with Crippen LogP contribution in [0.15, 0.2) is 87.8 Å². The van der Waals surface area contributed by atoms with Gasteiger partial charge >= 0.3 is 5.97 Å². The third-order valence-corrected chi connectivity index (χ3v) is 7.46. The topological polar surface area (TPSA) is 141 Å². The van der Waals surface area contributed by atoms with Crippen LogP contribution in [0.25, 0.3) is 6.08 Å². The van der Waals surface area contributed by atoms with E-state index in [1.54, 1.807) is 50.3 Å². The number of imidazole rings is 1. The number of fused-ring (bicyclic) bond motifs is 1. The minimum absolute atomic E-state index is 0.00459. The number of H-pyrrole nitrogens is 1. The van der Waals surface area contributed by atoms with Crippen molar-refractivity contribution in [2.24, 2.45) is 4.99 Å². The first-order valence-electron chi connectivity index (χ1n) is 14.8. The molecule has 1 N–H and O–H groups in total. The Morgan fingerprint density at radius 3 is 2.37 bits per heavy atom. The number of non-ortho nitro benzene ring substituents is 1. The summed E-state index contributed by atoms with van der Waals surface area (Å²) in [6.07, 6.45) is 1.69. The number of hydrogen-bond donors (Lipinski definition) is 1. The number of hydrogen-bond acceptors (Lipinski definition) is 9. The first-order chi connectivity index (χ1) is 22.1. The molecular weight excluding hydrogens is 590 g/mol. The van der Waals surface area contributed by atoms with Gasteiger partial charge in [0, 0.05) is 31.9 Å². The van der Waals surface area contributed by atoms with E-state index < -0.39 is 16.9 Å². The van der Waals surface area contributed by atoms with E-state index in [1.165, 1.54) is 16.7 Å². The number of ether oxygens (including phenoxy) is 3. The largest absolute Gasteiger partial charge is 0.490 e. The number of nitro benzene ring substituents is 1. The second-order valence-electron chi connectivity index (χ2n) is 10.8. The molecule has 5 rings (SSSR count). The highest BCUT2D eigenvalue weighted by atomic mass is 16.6. The summed E-state index contributed by atoms with van der Waals surface area (Å²) >= 11 is 0. The highest BCUT2D eigenvalue weighted by molar-refractivity contribution is 5.91. The van der Waals surface area contributed by atoms with Crippen molar-refractivity contribution in [3.05, 3.63) is 126 Å². The number of nitro groups is 1. The molecule has 0 amide bonds. The van der Waals surface area contributed by atoms with Gasteiger partial charge in [0.05, 0.1) is 35.4 Å². The lowest BCUT2D eigenvalue weighted by Gasteiger charge is -2.25. The molecule has 3 aromatic carbocycles. The van der Waals surface area contributed by atoms with Crippen molar-refractivity contribution < 1.29 is 23.9 Å². The summed E-state index contributed by atoms with van der Waals surface area (Å²) in [4.78, 5) is 47.3. The number of allylic oxidation sites excluding steroid dienone is 1. The molecule has 0 saturated heterocycles. The molecule has 0 fully saturated rings. The van der Waals surface area contributed by atoms with Gasteiger partial charge in [0.2, 0.25) is 5.62 Å². The normalized spacial score (nSPS) is 14.4. The lowest BCUT2D eigenvalue weighted by molar-refractivity contribution is -0.384. The summed E-state index contributed by atoms with van der Waals surface area (Å²) in [6, 6.07) is 18.3. The lowest BCUT2D eigenvalue weighted by atomic mass is 9.95. The number of aromatic nitrogens is 2. The van der Waals surface area contributed by atoms with Crippen molar-refractivity contribution in [1.82, 2.24) is 9.55 Å². The van der Waals surface area contributed by atoms with Crippen molar-refractivity contribution >= 4 is 23.4 Å². The summed E-state index contributed by atoms with van der Waals surface area (Å²) in [5.74, 6) is 0.426. The van der Waals surface area contributed by atoms with Gasteiger partial charge in [-0.3, -0.25) is 19.5 Å². The van der Waals surface area contributed by atoms with Crippen LogP contribution in [0.1, 0.15) is 43.5 Å². The van der Waals surface area contributed by atoms with Gasteiger partial charge in [0.25, 0.3) is 11.2 Å². The molecule has 0 bridgehead atoms. The Morgan fingerprint density at radius 1 is 1.02 bits per heavy atom. The van der Waals surface area contributed by atoms with Gasteiger partial charge in [-0.05, 0) is 79.9 Å². The average Bonchev–Trinajstić information content (AvgIpc) is 3.34. The second-order valence-corrected chi connectivity index (χ2v) is 10.8. The molecule has 4 aromatic rings. The van der Waals surface area contributed by atoms with Crippen molar-refractivity contribution in [3.63, 3.8) is 0 Å². The lowest BCUT2D eigenvalue weighted by Crippen LogP contribution is -2.40. The summed E-state index contributed by atoms with van der Waals surface area (Å²) in [5.41, 5.74) is 3.87. The first-order valence-corrected chi connectivity index (χ1v) is 14.8. The molecule has 1 unspecified atom stereocenters. The maximum absolute atomic E-state index is 14.0. The molecule has 1 aliphatic rings. The van der Waals surface area contributed by atoms with Crippen molar-refractivity contribution in [3.8, 4) is 11.5 Å². The van der Waals surface area contributed by atoms with E-state index in [1.807, 2.05) is 50.2 Å². The number of carbonyl (C=O) groups is 1. The molecule has 12 nitrogen and oxygen atoms in total. The van der Waals surface area contributed by atoms with E-state index in [4.69, 9.17) is 14.2 Å². The Balaban J connectivity index is 1.52. The number of rotatable bonds is 11. The zero-order valence-corrected chi connectivity index (χ0v) is 26.3. The quantitative estimate of drug-likeness (QED) is 0.150. The molecule has 1 aromatic heterocycles. The van der Waals surface area contributed by atoms with E-state index in [0.29, 0.717) is 40.6 Å². The van der Waals surface area contributed by atoms with Crippen LogP contribution in [-0.4, -0.2) is 47.8 Å². The third kappa shape index (κ3) is 6.55. The number of esters is 1. The number of benzene rings is 3. The van der Waals surface area contributed by atoms with Crippen LogP contribution in [0.3, 0.4) is 0 Å². The molecule has 0 saturated carbocycles. The van der Waals surface area contributed by atoms with Gasteiger partial charge in [-0.25, -0.2) is 9.79 Å². The molecule has 1 atom stereocenters. The summed E-state index contributed by atoms with van der Waals surface area (Å²) < 4.78 is 18.7. The molecule has 238 valence electrons. The molecule has 0 radical (unpaired) electrons. The fourth-order valence-corrected chi connectivity index (χ4v) is 5.21. The Hall–Kier alpha value is -5.65. The van der Waals surface area contributed by atoms with Crippen molar-refractivity contribution in [2.75, 3.05) is 32.2 Å². The average molecular weight is 626 g/mol. The number of aromatic amines is 1. The molecule has 46 heavy (non-hydrogen) atoms. The predicted octanol–water partition coefficient (Wildman–Crippen LogP) is 4.02. The Kier molecular flexibility index (Phi) is 9.36. The van der Waals surface area contributed by atoms with Crippen LogP contribution < -0.4 is 30.9 Å². The van der Waals surface area contributed by atoms with Gasteiger partial charge in [0.1, 0.15) is 12.0 Å². The summed E-state index contributed by atoms with van der Waals surface area (Å²) in [6.45, 7) is 6.06. The summed E-state index contributed by atoms with van der Waals surface area (Å²) in [5, 5.41) is 11.2. The van der Waals surface area contributed by atoms with Gasteiger partial charge in [-0.2, -0.15) is 0 Å². The minimum Gasteiger partial charge on any atom is -0.490 e. The van der Waals surface area contributed by atoms with Crippen molar-refractivity contribution in [2.45, 2.75) is 33.4 Å². The zero-order valence-electron chi connectivity index (χ0n) is 26.3. The van der Waals surface area contributed by atoms with E-state index >= 15 is 0 Å². The predicted molar refractivity (Wildman–Crippen MR) is 173 cm³/mol. The summed E-state index contributed by atoms with van der Waals surface area (Å²) in [7, 11) is 3.88. The second kappa shape index (κ2) is 13.6. The molecule has 2 heterocycles. The monoisotopic (exact) mass is 625 g/mol. The van der Waals surface area contributed by atoms with Crippen LogP contribution in [0.5, 0.6) is 11.5 Å². The maximum atomic E-state index is 14.0. The van der Waals surface area contributed by atoms with Crippen LogP contribution in [0.2, 0.25) is 0 Å². The van der Waals surface area contributed by atoms with Gasteiger partial charge in [-0.15, -0.1) is 0 Å². The number of nitrogens with zero attached hydrogens (tertiary/aromatic N) is 4. The molecule has 12 heteroatoms. The number of carbonyl (C=O) groups excluding carboxylic acids is 1. The first kappa shape index (κ1) is 31.8. The molecular formula is C34H35N5O7. The molecule has 0 aliphatic carbocycles. The van der Waals surface area contributed by atoms with Gasteiger partial charge in [0.15, 0.2) is 11.5 Å². The molecule has 1 aliphatic heterocycles. The maximum Gasteiger partial charge on any atom is 0.338 e. The Bertz CT molecular complexity index is 1970. The SMILES string of the molecule is CCOC(=O)C1=C(C)N=c2[nH]/c(=C\c3ccc(OCc4ccc([N+](=O)[O-])cc4)c(OCC)c3)c(=O)n2C1c1ccc(N(C)C)cc1. The van der Waals surface area contributed by atoms with E-state index in [0.717, 1.165) is 16.8 Å². The van der Waals surface area contributed by atoms with E-state index in [2.05, 4.69) is 9.98 Å². The van der Waals surface area contributed by atoms with Crippen LogP contribution >= 0.6 is 0 Å². The van der Waals surface area contributed by atoms with Crippen LogP contribution in [0, 0.1) is 10.1 Å². The molecule has 0 spiro atoms. The van der Waals surface area contributed by atoms with Crippen LogP contribution in [0.4, 0.5) is 11.4 Å². The fraction of sp³-hybridized carbons (Fsp3) is 0.265.